The maximum Gasteiger partial charge on any atom is 0.243 e. The molecule has 20 heavy (non-hydrogen) atoms. The number of likely N-dealkylation sites (N-methyl/N-ethyl adjacent to an activating group) is 1. The number of amides is 1. The lowest BCUT2D eigenvalue weighted by molar-refractivity contribution is -0.114. The molecule has 0 bridgehead atoms. The summed E-state index contributed by atoms with van der Waals surface area (Å²) in [5.74, 6) is -0.0890. The highest BCUT2D eigenvalue weighted by molar-refractivity contribution is 9.10. The van der Waals surface area contributed by atoms with Crippen molar-refractivity contribution in [3.63, 3.8) is 0 Å². The molecule has 0 radical (unpaired) electrons. The van der Waals surface area contributed by atoms with Crippen LogP contribution in [-0.2, 0) is 4.79 Å². The number of para-hydroxylation sites is 2. The smallest absolute Gasteiger partial charge is 0.243 e. The van der Waals surface area contributed by atoms with Crippen molar-refractivity contribution in [1.82, 2.24) is 0 Å². The highest BCUT2D eigenvalue weighted by Gasteiger charge is 2.09. The zero-order valence-electron chi connectivity index (χ0n) is 11.1. The van der Waals surface area contributed by atoms with E-state index in [-0.39, 0.29) is 12.5 Å². The first kappa shape index (κ1) is 14.4. The van der Waals surface area contributed by atoms with Gasteiger partial charge in [-0.2, -0.15) is 0 Å². The van der Waals surface area contributed by atoms with Gasteiger partial charge in [-0.3, -0.25) is 4.79 Å². The number of carbonyl (C=O) groups excluding carboxylic acids is 1. The number of carbonyl (C=O) groups is 1. The average molecular weight is 334 g/mol. The zero-order chi connectivity index (χ0) is 14.5. The lowest BCUT2D eigenvalue weighted by atomic mass is 10.2. The van der Waals surface area contributed by atoms with Gasteiger partial charge >= 0.3 is 0 Å². The normalized spacial score (nSPS) is 10.1. The number of halogens is 1. The summed E-state index contributed by atoms with van der Waals surface area (Å²) in [6.07, 6.45) is 0. The van der Waals surface area contributed by atoms with E-state index in [1.807, 2.05) is 60.5 Å². The maximum atomic E-state index is 12.0. The summed E-state index contributed by atoms with van der Waals surface area (Å²) in [5.41, 5.74) is 8.15. The molecule has 0 unspecified atom stereocenters. The number of rotatable bonds is 4. The lowest BCUT2D eigenvalue weighted by Crippen LogP contribution is -2.30. The average Bonchev–Trinajstić information content (AvgIpc) is 2.38. The molecule has 0 aliphatic rings. The van der Waals surface area contributed by atoms with Gasteiger partial charge in [-0.15, -0.1) is 0 Å². The van der Waals surface area contributed by atoms with Crippen LogP contribution in [0.2, 0.25) is 0 Å². The van der Waals surface area contributed by atoms with Crippen molar-refractivity contribution >= 4 is 38.9 Å². The van der Waals surface area contributed by atoms with Crippen molar-refractivity contribution in [2.24, 2.45) is 0 Å². The molecule has 0 fully saturated rings. The van der Waals surface area contributed by atoms with Gasteiger partial charge in [0, 0.05) is 17.2 Å². The van der Waals surface area contributed by atoms with Crippen LogP contribution in [0.3, 0.4) is 0 Å². The number of hydrogen-bond acceptors (Lipinski definition) is 3. The van der Waals surface area contributed by atoms with Crippen LogP contribution in [0.4, 0.5) is 17.1 Å². The molecule has 1 amide bonds. The number of benzene rings is 2. The quantitative estimate of drug-likeness (QED) is 0.845. The Kier molecular flexibility index (Phi) is 4.63. The fourth-order valence-electron chi connectivity index (χ4n) is 1.90. The lowest BCUT2D eigenvalue weighted by Gasteiger charge is -2.20. The Balaban J connectivity index is 2.00. The molecule has 0 aliphatic heterocycles. The van der Waals surface area contributed by atoms with E-state index in [9.17, 15) is 4.79 Å². The molecule has 0 heterocycles. The second-order valence-electron chi connectivity index (χ2n) is 4.47. The number of nitrogens with zero attached hydrogens (tertiary/aromatic N) is 1. The Labute approximate surface area is 126 Å². The Morgan fingerprint density at radius 2 is 2.00 bits per heavy atom. The Hall–Kier alpha value is -2.01. The molecule has 2 aromatic carbocycles. The van der Waals surface area contributed by atoms with Crippen LogP contribution >= 0.6 is 15.9 Å². The minimum Gasteiger partial charge on any atom is -0.397 e. The van der Waals surface area contributed by atoms with E-state index in [2.05, 4.69) is 21.2 Å². The van der Waals surface area contributed by atoms with E-state index >= 15 is 0 Å². The molecular formula is C15H16BrN3O. The van der Waals surface area contributed by atoms with Crippen molar-refractivity contribution < 1.29 is 4.79 Å². The summed E-state index contributed by atoms with van der Waals surface area (Å²) in [5, 5.41) is 2.85. The van der Waals surface area contributed by atoms with Crippen molar-refractivity contribution in [3.05, 3.63) is 53.0 Å². The first-order valence-electron chi connectivity index (χ1n) is 6.17. The molecule has 0 aliphatic carbocycles. The largest absolute Gasteiger partial charge is 0.397 e. The Morgan fingerprint density at radius 1 is 1.25 bits per heavy atom. The first-order valence-corrected chi connectivity index (χ1v) is 6.96. The molecule has 2 aromatic rings. The second-order valence-corrected chi connectivity index (χ2v) is 5.39. The van der Waals surface area contributed by atoms with Crippen LogP contribution in [-0.4, -0.2) is 19.5 Å². The zero-order valence-corrected chi connectivity index (χ0v) is 12.7. The molecule has 0 spiro atoms. The minimum absolute atomic E-state index is 0.0890. The predicted molar refractivity (Wildman–Crippen MR) is 86.9 cm³/mol. The molecule has 0 saturated carbocycles. The number of nitrogen functional groups attached to an aromatic ring is 1. The van der Waals surface area contributed by atoms with Crippen LogP contribution in [0.5, 0.6) is 0 Å². The molecule has 0 aromatic heterocycles. The summed E-state index contributed by atoms with van der Waals surface area (Å²) >= 11 is 3.37. The fourth-order valence-corrected chi connectivity index (χ4v) is 2.30. The van der Waals surface area contributed by atoms with Gasteiger partial charge in [0.2, 0.25) is 5.91 Å². The Morgan fingerprint density at radius 3 is 2.70 bits per heavy atom. The van der Waals surface area contributed by atoms with Gasteiger partial charge < -0.3 is 16.0 Å². The summed E-state index contributed by atoms with van der Waals surface area (Å²) in [6, 6.07) is 15.0. The number of nitrogens with two attached hydrogens (primary N) is 1. The highest BCUT2D eigenvalue weighted by atomic mass is 79.9. The third-order valence-corrected chi connectivity index (χ3v) is 3.33. The van der Waals surface area contributed by atoms with Gasteiger partial charge in [-0.1, -0.05) is 34.1 Å². The maximum absolute atomic E-state index is 12.0. The molecule has 2 rings (SSSR count). The topological polar surface area (TPSA) is 58.4 Å². The monoisotopic (exact) mass is 333 g/mol. The van der Waals surface area contributed by atoms with E-state index in [4.69, 9.17) is 5.73 Å². The van der Waals surface area contributed by atoms with Gasteiger partial charge in [0.25, 0.3) is 0 Å². The molecule has 5 heteroatoms. The van der Waals surface area contributed by atoms with Gasteiger partial charge in [-0.25, -0.2) is 0 Å². The first-order chi connectivity index (χ1) is 9.56. The SMILES string of the molecule is CN(CC(=O)Nc1cccc(Br)c1)c1ccccc1N. The van der Waals surface area contributed by atoms with Crippen molar-refractivity contribution in [2.75, 3.05) is 29.5 Å². The van der Waals surface area contributed by atoms with E-state index < -0.39 is 0 Å². The van der Waals surface area contributed by atoms with E-state index in [1.165, 1.54) is 0 Å². The molecule has 0 atom stereocenters. The Bertz CT molecular complexity index is 616. The van der Waals surface area contributed by atoms with Gasteiger partial charge in [0.05, 0.1) is 17.9 Å². The van der Waals surface area contributed by atoms with Crippen LogP contribution in [0, 0.1) is 0 Å². The molecule has 4 nitrogen and oxygen atoms in total. The summed E-state index contributed by atoms with van der Waals surface area (Å²) in [4.78, 5) is 13.8. The summed E-state index contributed by atoms with van der Waals surface area (Å²) in [7, 11) is 1.84. The van der Waals surface area contributed by atoms with E-state index in [1.54, 1.807) is 0 Å². The molecule has 104 valence electrons. The number of anilines is 3. The van der Waals surface area contributed by atoms with Crippen LogP contribution < -0.4 is 16.0 Å². The van der Waals surface area contributed by atoms with Crippen molar-refractivity contribution in [2.45, 2.75) is 0 Å². The second kappa shape index (κ2) is 6.43. The molecule has 3 N–H and O–H groups in total. The van der Waals surface area contributed by atoms with E-state index in [0.29, 0.717) is 5.69 Å². The number of nitrogens with one attached hydrogen (secondary N) is 1. The van der Waals surface area contributed by atoms with Crippen molar-refractivity contribution in [1.29, 1.82) is 0 Å². The fraction of sp³-hybridized carbons (Fsp3) is 0.133. The molecular weight excluding hydrogens is 318 g/mol. The van der Waals surface area contributed by atoms with Gasteiger partial charge in [0.1, 0.15) is 0 Å². The van der Waals surface area contributed by atoms with Gasteiger partial charge in [-0.05, 0) is 30.3 Å². The van der Waals surface area contributed by atoms with Crippen LogP contribution in [0.25, 0.3) is 0 Å². The third kappa shape index (κ3) is 3.74. The van der Waals surface area contributed by atoms with Crippen molar-refractivity contribution in [3.8, 4) is 0 Å². The van der Waals surface area contributed by atoms with Crippen LogP contribution in [0.1, 0.15) is 0 Å². The third-order valence-electron chi connectivity index (χ3n) is 2.84. The van der Waals surface area contributed by atoms with Gasteiger partial charge in [0.15, 0.2) is 0 Å². The predicted octanol–water partition coefficient (Wildman–Crippen LogP) is 3.11. The van der Waals surface area contributed by atoms with Crippen LogP contribution in [0.15, 0.2) is 53.0 Å². The molecule has 0 saturated heterocycles. The standard InChI is InChI=1S/C15H16BrN3O/c1-19(14-8-3-2-7-13(14)17)10-15(20)18-12-6-4-5-11(16)9-12/h2-9H,10,17H2,1H3,(H,18,20). The summed E-state index contributed by atoms with van der Waals surface area (Å²) < 4.78 is 0.927. The highest BCUT2D eigenvalue weighted by Crippen LogP contribution is 2.21. The summed E-state index contributed by atoms with van der Waals surface area (Å²) in [6.45, 7) is 0.237. The van der Waals surface area contributed by atoms with E-state index in [0.717, 1.165) is 15.8 Å². The minimum atomic E-state index is -0.0890. The number of hydrogen-bond donors (Lipinski definition) is 2.